The Balaban J connectivity index is 2.45. The maximum absolute atomic E-state index is 13.5. The summed E-state index contributed by atoms with van der Waals surface area (Å²) in [6.45, 7) is 2.66. The Bertz CT molecular complexity index is 415. The minimum Gasteiger partial charge on any atom is -0.478 e. The normalized spacial score (nSPS) is 14.9. The molecule has 86 valence electrons. The van der Waals surface area contributed by atoms with Gasteiger partial charge in [-0.2, -0.15) is 0 Å². The topological polar surface area (TPSA) is 40.5 Å². The van der Waals surface area contributed by atoms with E-state index in [0.29, 0.717) is 18.3 Å². The molecular formula is C12H14FNO2. The Morgan fingerprint density at radius 1 is 1.56 bits per heavy atom. The summed E-state index contributed by atoms with van der Waals surface area (Å²) in [6.07, 6.45) is 2.12. The maximum Gasteiger partial charge on any atom is 0.340 e. The number of hydrogen-bond donors (Lipinski definition) is 1. The first-order valence-corrected chi connectivity index (χ1v) is 5.43. The van der Waals surface area contributed by atoms with Gasteiger partial charge in [0.25, 0.3) is 0 Å². The second-order valence-electron chi connectivity index (χ2n) is 3.96. The third kappa shape index (κ3) is 1.87. The molecule has 1 aromatic carbocycles. The second kappa shape index (κ2) is 4.12. The van der Waals surface area contributed by atoms with Crippen LogP contribution in [0.4, 0.5) is 10.1 Å². The van der Waals surface area contributed by atoms with E-state index in [0.717, 1.165) is 12.8 Å². The number of anilines is 1. The van der Waals surface area contributed by atoms with Crippen molar-refractivity contribution in [2.75, 3.05) is 11.4 Å². The predicted octanol–water partition coefficient (Wildman–Crippen LogP) is 2.51. The molecule has 0 atom stereocenters. The number of carboxylic acids is 1. The van der Waals surface area contributed by atoms with Gasteiger partial charge in [0.2, 0.25) is 0 Å². The van der Waals surface area contributed by atoms with Crippen LogP contribution in [0.2, 0.25) is 0 Å². The summed E-state index contributed by atoms with van der Waals surface area (Å²) in [6, 6.07) is 4.80. The number of aromatic carboxylic acids is 1. The Hall–Kier alpha value is -1.58. The van der Waals surface area contributed by atoms with Crippen molar-refractivity contribution in [1.29, 1.82) is 0 Å². The van der Waals surface area contributed by atoms with Gasteiger partial charge < -0.3 is 10.0 Å². The highest BCUT2D eigenvalue weighted by Gasteiger charge is 2.31. The first-order chi connectivity index (χ1) is 7.65. The first kappa shape index (κ1) is 10.9. The Morgan fingerprint density at radius 3 is 2.75 bits per heavy atom. The van der Waals surface area contributed by atoms with Crippen molar-refractivity contribution in [3.05, 3.63) is 29.6 Å². The molecule has 1 aliphatic rings. The van der Waals surface area contributed by atoms with Crippen molar-refractivity contribution in [2.45, 2.75) is 25.8 Å². The summed E-state index contributed by atoms with van der Waals surface area (Å²) in [5.74, 6) is -1.86. The number of benzene rings is 1. The second-order valence-corrected chi connectivity index (χ2v) is 3.96. The van der Waals surface area contributed by atoms with Crippen molar-refractivity contribution in [3.63, 3.8) is 0 Å². The van der Waals surface area contributed by atoms with Crippen LogP contribution < -0.4 is 4.90 Å². The van der Waals surface area contributed by atoms with Gasteiger partial charge in [-0.1, -0.05) is 6.07 Å². The molecule has 1 N–H and O–H groups in total. The minimum absolute atomic E-state index is 0.212. The van der Waals surface area contributed by atoms with Crippen molar-refractivity contribution in [2.24, 2.45) is 0 Å². The summed E-state index contributed by atoms with van der Waals surface area (Å²) in [7, 11) is 0. The Labute approximate surface area is 93.5 Å². The number of nitrogens with zero attached hydrogens (tertiary/aromatic N) is 1. The molecule has 3 nitrogen and oxygen atoms in total. The molecular weight excluding hydrogens is 209 g/mol. The van der Waals surface area contributed by atoms with Crippen LogP contribution in [0.1, 0.15) is 30.1 Å². The van der Waals surface area contributed by atoms with Crippen molar-refractivity contribution in [3.8, 4) is 0 Å². The zero-order chi connectivity index (χ0) is 11.7. The van der Waals surface area contributed by atoms with Crippen LogP contribution in [0, 0.1) is 5.82 Å². The van der Waals surface area contributed by atoms with Crippen LogP contribution in [0.25, 0.3) is 0 Å². The van der Waals surface area contributed by atoms with E-state index in [1.165, 1.54) is 6.07 Å². The molecule has 0 aromatic heterocycles. The average Bonchev–Trinajstić information content (AvgIpc) is 3.02. The van der Waals surface area contributed by atoms with Crippen molar-refractivity contribution in [1.82, 2.24) is 0 Å². The van der Waals surface area contributed by atoms with E-state index in [1.54, 1.807) is 12.1 Å². The molecule has 1 saturated carbocycles. The smallest absolute Gasteiger partial charge is 0.340 e. The number of hydrogen-bond acceptors (Lipinski definition) is 2. The van der Waals surface area contributed by atoms with Gasteiger partial charge in [0.05, 0.1) is 5.69 Å². The van der Waals surface area contributed by atoms with Crippen LogP contribution >= 0.6 is 0 Å². The molecule has 4 heteroatoms. The molecule has 2 rings (SSSR count). The van der Waals surface area contributed by atoms with Gasteiger partial charge in [-0.25, -0.2) is 9.18 Å². The van der Waals surface area contributed by atoms with Crippen molar-refractivity contribution >= 4 is 11.7 Å². The van der Waals surface area contributed by atoms with E-state index in [4.69, 9.17) is 5.11 Å². The number of carbonyl (C=O) groups is 1. The van der Waals surface area contributed by atoms with Gasteiger partial charge in [0.15, 0.2) is 0 Å². The lowest BCUT2D eigenvalue weighted by Gasteiger charge is -2.24. The summed E-state index contributed by atoms with van der Waals surface area (Å²) >= 11 is 0. The zero-order valence-electron chi connectivity index (χ0n) is 9.11. The standard InChI is InChI=1S/C12H14FNO2/c1-2-14(8-6-7-8)10-5-3-4-9(13)11(10)12(15)16/h3-5,8H,2,6-7H2,1H3,(H,15,16). The molecule has 1 fully saturated rings. The molecule has 0 bridgehead atoms. The quantitative estimate of drug-likeness (QED) is 0.852. The van der Waals surface area contributed by atoms with E-state index in [9.17, 15) is 9.18 Å². The van der Waals surface area contributed by atoms with E-state index in [2.05, 4.69) is 0 Å². The molecule has 0 spiro atoms. The maximum atomic E-state index is 13.5. The first-order valence-electron chi connectivity index (χ1n) is 5.43. The highest BCUT2D eigenvalue weighted by molar-refractivity contribution is 5.94. The molecule has 0 saturated heterocycles. The van der Waals surface area contributed by atoms with Gasteiger partial charge in [-0.15, -0.1) is 0 Å². The third-order valence-corrected chi connectivity index (χ3v) is 2.84. The monoisotopic (exact) mass is 223 g/mol. The zero-order valence-corrected chi connectivity index (χ0v) is 9.11. The van der Waals surface area contributed by atoms with Crippen LogP contribution in [0.3, 0.4) is 0 Å². The number of halogens is 1. The molecule has 1 aliphatic carbocycles. The molecule has 0 unspecified atom stereocenters. The van der Waals surface area contributed by atoms with Crippen LogP contribution in [-0.4, -0.2) is 23.7 Å². The summed E-state index contributed by atoms with van der Waals surface area (Å²) in [5, 5.41) is 9.03. The molecule has 16 heavy (non-hydrogen) atoms. The van der Waals surface area contributed by atoms with Crippen LogP contribution in [0.15, 0.2) is 18.2 Å². The van der Waals surface area contributed by atoms with Crippen molar-refractivity contribution < 1.29 is 14.3 Å². The summed E-state index contributed by atoms with van der Waals surface area (Å²) in [4.78, 5) is 13.0. The van der Waals surface area contributed by atoms with Gasteiger partial charge >= 0.3 is 5.97 Å². The summed E-state index contributed by atoms with van der Waals surface area (Å²) < 4.78 is 13.5. The minimum atomic E-state index is -1.20. The van der Waals surface area contributed by atoms with E-state index in [-0.39, 0.29) is 5.56 Å². The molecule has 0 heterocycles. The molecule has 1 aromatic rings. The average molecular weight is 223 g/mol. The fourth-order valence-electron chi connectivity index (χ4n) is 1.98. The SMILES string of the molecule is CCN(c1cccc(F)c1C(=O)O)C1CC1. The molecule has 0 amide bonds. The van der Waals surface area contributed by atoms with Crippen LogP contribution in [-0.2, 0) is 0 Å². The number of rotatable bonds is 4. The summed E-state index contributed by atoms with van der Waals surface area (Å²) in [5.41, 5.74) is 0.286. The Morgan fingerprint density at radius 2 is 2.25 bits per heavy atom. The van der Waals surface area contributed by atoms with E-state index >= 15 is 0 Å². The fraction of sp³-hybridized carbons (Fsp3) is 0.417. The van der Waals surface area contributed by atoms with Crippen LogP contribution in [0.5, 0.6) is 0 Å². The van der Waals surface area contributed by atoms with Gasteiger partial charge in [0.1, 0.15) is 11.4 Å². The van der Waals surface area contributed by atoms with Gasteiger partial charge in [-0.3, -0.25) is 0 Å². The largest absolute Gasteiger partial charge is 0.478 e. The van der Waals surface area contributed by atoms with Gasteiger partial charge in [-0.05, 0) is 31.9 Å². The highest BCUT2D eigenvalue weighted by Crippen LogP contribution is 2.34. The molecule has 0 radical (unpaired) electrons. The number of carboxylic acid groups (broad SMARTS) is 1. The fourth-order valence-corrected chi connectivity index (χ4v) is 1.98. The molecule has 0 aliphatic heterocycles. The lowest BCUT2D eigenvalue weighted by molar-refractivity contribution is 0.0692. The van der Waals surface area contributed by atoms with E-state index < -0.39 is 11.8 Å². The Kier molecular flexibility index (Phi) is 2.81. The lowest BCUT2D eigenvalue weighted by atomic mass is 10.1. The third-order valence-electron chi connectivity index (χ3n) is 2.84. The predicted molar refractivity (Wildman–Crippen MR) is 59.4 cm³/mol. The van der Waals surface area contributed by atoms with E-state index in [1.807, 2.05) is 11.8 Å². The lowest BCUT2D eigenvalue weighted by Crippen LogP contribution is -2.27. The highest BCUT2D eigenvalue weighted by atomic mass is 19.1. The van der Waals surface area contributed by atoms with Gasteiger partial charge in [0, 0.05) is 12.6 Å².